The molecule has 0 bridgehead atoms. The number of amides is 2. The lowest BCUT2D eigenvalue weighted by atomic mass is 10.1. The quantitative estimate of drug-likeness (QED) is 0.188. The first-order chi connectivity index (χ1) is 11.6. The molecule has 0 aromatic carbocycles. The maximum atomic E-state index is 12.2. The van der Waals surface area contributed by atoms with Crippen molar-refractivity contribution >= 4 is 42.4 Å². The molecule has 0 unspecified atom stereocenters. The van der Waals surface area contributed by atoms with Crippen LogP contribution in [-0.2, 0) is 24.0 Å². The van der Waals surface area contributed by atoms with Crippen molar-refractivity contribution < 1.29 is 39.3 Å². The summed E-state index contributed by atoms with van der Waals surface area (Å²) in [6.07, 6.45) is -1.61. The number of carbonyl (C=O) groups excluding carboxylic acids is 2. The van der Waals surface area contributed by atoms with Crippen molar-refractivity contribution in [3.8, 4) is 0 Å². The Morgan fingerprint density at radius 3 is 1.68 bits per heavy atom. The minimum absolute atomic E-state index is 0.0184. The summed E-state index contributed by atoms with van der Waals surface area (Å²) in [6, 6.07) is -3.86. The van der Waals surface area contributed by atoms with Crippen LogP contribution in [-0.4, -0.2) is 68.9 Å². The van der Waals surface area contributed by atoms with Crippen molar-refractivity contribution in [1.82, 2.24) is 10.6 Å². The molecule has 25 heavy (non-hydrogen) atoms. The van der Waals surface area contributed by atoms with Crippen LogP contribution in [0.5, 0.6) is 0 Å². The molecule has 0 aliphatic rings. The molecule has 0 aliphatic carbocycles. The van der Waals surface area contributed by atoms with E-state index >= 15 is 0 Å². The van der Waals surface area contributed by atoms with E-state index in [2.05, 4.69) is 23.3 Å². The van der Waals surface area contributed by atoms with Crippen molar-refractivity contribution in [2.24, 2.45) is 5.73 Å². The van der Waals surface area contributed by atoms with E-state index in [0.29, 0.717) is 0 Å². The molecule has 0 aromatic rings. The number of carbonyl (C=O) groups is 5. The summed E-state index contributed by atoms with van der Waals surface area (Å²) in [6.45, 7) is 0. The lowest BCUT2D eigenvalue weighted by Crippen LogP contribution is -2.54. The van der Waals surface area contributed by atoms with E-state index in [4.69, 9.17) is 21.1 Å². The largest absolute Gasteiger partial charge is 0.481 e. The van der Waals surface area contributed by atoms with Crippen molar-refractivity contribution in [3.05, 3.63) is 0 Å². The lowest BCUT2D eigenvalue weighted by molar-refractivity contribution is -0.144. The topological polar surface area (TPSA) is 196 Å². The summed E-state index contributed by atoms with van der Waals surface area (Å²) in [4.78, 5) is 56.2. The van der Waals surface area contributed by atoms with Gasteiger partial charge in [-0.3, -0.25) is 19.2 Å². The van der Waals surface area contributed by atoms with Crippen molar-refractivity contribution in [1.29, 1.82) is 0 Å². The molecule has 0 radical (unpaired) electrons. The van der Waals surface area contributed by atoms with Gasteiger partial charge in [-0.2, -0.15) is 12.6 Å². The van der Waals surface area contributed by atoms with Crippen molar-refractivity contribution in [3.63, 3.8) is 0 Å². The molecule has 0 aromatic heterocycles. The fourth-order valence-electron chi connectivity index (χ4n) is 1.70. The van der Waals surface area contributed by atoms with Crippen LogP contribution in [0, 0.1) is 0 Å². The molecule has 0 aliphatic heterocycles. The van der Waals surface area contributed by atoms with Gasteiger partial charge in [0.1, 0.15) is 12.1 Å². The summed E-state index contributed by atoms with van der Waals surface area (Å²) in [5.74, 6) is -5.63. The number of hydrogen-bond acceptors (Lipinski definition) is 7. The summed E-state index contributed by atoms with van der Waals surface area (Å²) in [5.41, 5.74) is 5.46. The van der Waals surface area contributed by atoms with Gasteiger partial charge < -0.3 is 31.7 Å². The lowest BCUT2D eigenvalue weighted by Gasteiger charge is -2.22. The molecule has 2 amide bonds. The average Bonchev–Trinajstić information content (AvgIpc) is 2.53. The minimum atomic E-state index is -1.49. The highest BCUT2D eigenvalue weighted by Gasteiger charge is 2.28. The van der Waals surface area contributed by atoms with Gasteiger partial charge in [-0.15, -0.1) is 0 Å². The smallest absolute Gasteiger partial charge is 0.326 e. The molecule has 0 saturated heterocycles. The first-order valence-corrected chi connectivity index (χ1v) is 7.85. The van der Waals surface area contributed by atoms with Gasteiger partial charge in [0.05, 0.1) is 6.04 Å². The van der Waals surface area contributed by atoms with Crippen molar-refractivity contribution in [2.45, 2.75) is 43.8 Å². The zero-order valence-corrected chi connectivity index (χ0v) is 14.1. The SMILES string of the molecule is N[C@@H](CS)C(=O)N[C@@H](CCC(=O)O)C(=O)N[C@@H](CCC(=O)O)C(=O)O. The number of nitrogens with two attached hydrogens (primary N) is 1. The third-order valence-corrected chi connectivity index (χ3v) is 3.47. The summed E-state index contributed by atoms with van der Waals surface area (Å²) in [5, 5.41) is 30.6. The molecule has 12 heteroatoms. The van der Waals surface area contributed by atoms with Gasteiger partial charge in [0, 0.05) is 18.6 Å². The highest BCUT2D eigenvalue weighted by Crippen LogP contribution is 2.03. The third-order valence-electron chi connectivity index (χ3n) is 3.07. The normalized spacial score (nSPS) is 14.0. The maximum absolute atomic E-state index is 12.2. The van der Waals surface area contributed by atoms with Gasteiger partial charge in [-0.05, 0) is 12.8 Å². The van der Waals surface area contributed by atoms with E-state index in [0.717, 1.165) is 0 Å². The molecule has 0 rings (SSSR count). The van der Waals surface area contributed by atoms with Gasteiger partial charge in [-0.1, -0.05) is 0 Å². The Hall–Kier alpha value is -2.34. The number of rotatable bonds is 12. The van der Waals surface area contributed by atoms with Crippen LogP contribution >= 0.6 is 12.6 Å². The zero-order chi connectivity index (χ0) is 19.6. The Morgan fingerprint density at radius 2 is 1.28 bits per heavy atom. The van der Waals surface area contributed by atoms with Crippen LogP contribution in [0.15, 0.2) is 0 Å². The maximum Gasteiger partial charge on any atom is 0.326 e. The molecule has 0 saturated carbocycles. The Morgan fingerprint density at radius 1 is 0.840 bits per heavy atom. The van der Waals surface area contributed by atoms with E-state index in [1.807, 2.05) is 0 Å². The Kier molecular flexibility index (Phi) is 10.2. The number of nitrogens with one attached hydrogen (secondary N) is 2. The Balaban J connectivity index is 5.02. The van der Waals surface area contributed by atoms with Crippen LogP contribution < -0.4 is 16.4 Å². The average molecular weight is 379 g/mol. The fraction of sp³-hybridized carbons (Fsp3) is 0.615. The van der Waals surface area contributed by atoms with Crippen LogP contribution in [0.3, 0.4) is 0 Å². The highest BCUT2D eigenvalue weighted by atomic mass is 32.1. The molecular weight excluding hydrogens is 358 g/mol. The van der Waals surface area contributed by atoms with Crippen LogP contribution in [0.25, 0.3) is 0 Å². The first kappa shape index (κ1) is 22.7. The number of hydrogen-bond donors (Lipinski definition) is 7. The zero-order valence-electron chi connectivity index (χ0n) is 13.2. The second-order valence-corrected chi connectivity index (χ2v) is 5.48. The Labute approximate surface area is 148 Å². The Bertz CT molecular complexity index is 527. The molecule has 0 heterocycles. The third kappa shape index (κ3) is 9.52. The van der Waals surface area contributed by atoms with E-state index in [1.165, 1.54) is 0 Å². The second kappa shape index (κ2) is 11.3. The molecule has 11 nitrogen and oxygen atoms in total. The predicted molar refractivity (Wildman–Crippen MR) is 87.1 cm³/mol. The molecule has 7 N–H and O–H groups in total. The van der Waals surface area contributed by atoms with Gasteiger partial charge in [0.15, 0.2) is 0 Å². The summed E-state index contributed by atoms with van der Waals surface area (Å²) < 4.78 is 0. The van der Waals surface area contributed by atoms with Gasteiger partial charge >= 0.3 is 17.9 Å². The molecule has 0 spiro atoms. The van der Waals surface area contributed by atoms with Crippen molar-refractivity contribution in [2.75, 3.05) is 5.75 Å². The van der Waals surface area contributed by atoms with E-state index < -0.39 is 60.7 Å². The minimum Gasteiger partial charge on any atom is -0.481 e. The van der Waals surface area contributed by atoms with E-state index in [-0.39, 0.29) is 18.6 Å². The summed E-state index contributed by atoms with van der Waals surface area (Å²) in [7, 11) is 0. The van der Waals surface area contributed by atoms with Crippen LogP contribution in [0.2, 0.25) is 0 Å². The summed E-state index contributed by atoms with van der Waals surface area (Å²) >= 11 is 3.83. The van der Waals surface area contributed by atoms with Crippen LogP contribution in [0.4, 0.5) is 0 Å². The molecule has 142 valence electrons. The van der Waals surface area contributed by atoms with Gasteiger partial charge in [0.2, 0.25) is 11.8 Å². The second-order valence-electron chi connectivity index (χ2n) is 5.11. The molecule has 3 atom stereocenters. The van der Waals surface area contributed by atoms with E-state index in [1.54, 1.807) is 0 Å². The predicted octanol–water partition coefficient (Wildman–Crippen LogP) is -1.97. The van der Waals surface area contributed by atoms with Crippen LogP contribution in [0.1, 0.15) is 25.7 Å². The standard InChI is InChI=1S/C13H21N3O8S/c14-6(5-25)11(21)15-7(1-3-9(17)18)12(22)16-8(13(23)24)2-4-10(19)20/h6-8,25H,1-5,14H2,(H,15,21)(H,16,22)(H,17,18)(H,19,20)(H,23,24)/t6-,7-,8-/m0/s1. The monoisotopic (exact) mass is 379 g/mol. The number of thiol groups is 1. The molecule has 0 fully saturated rings. The highest BCUT2D eigenvalue weighted by molar-refractivity contribution is 7.80. The molecular formula is C13H21N3O8S. The fourth-order valence-corrected chi connectivity index (χ4v) is 1.86. The number of carboxylic acids is 3. The first-order valence-electron chi connectivity index (χ1n) is 7.22. The van der Waals surface area contributed by atoms with Gasteiger partial charge in [-0.25, -0.2) is 4.79 Å². The number of aliphatic carboxylic acids is 3. The van der Waals surface area contributed by atoms with E-state index in [9.17, 15) is 24.0 Å². The van der Waals surface area contributed by atoms with Gasteiger partial charge in [0.25, 0.3) is 0 Å². The number of carboxylic acid groups (broad SMARTS) is 3.